The molecule has 2 aromatic heterocycles. The zero-order chi connectivity index (χ0) is 19.0. The highest BCUT2D eigenvalue weighted by atomic mass is 16.2. The molecule has 0 bridgehead atoms. The topological polar surface area (TPSA) is 95.9 Å². The summed E-state index contributed by atoms with van der Waals surface area (Å²) in [4.78, 5) is 31.8. The summed E-state index contributed by atoms with van der Waals surface area (Å²) in [5.74, 6) is 2.30. The molecule has 0 radical (unpaired) electrons. The first-order chi connectivity index (χ1) is 13.0. The van der Waals surface area contributed by atoms with E-state index in [-0.39, 0.29) is 17.8 Å². The van der Waals surface area contributed by atoms with Gasteiger partial charge in [-0.05, 0) is 33.1 Å². The summed E-state index contributed by atoms with van der Waals surface area (Å²) in [6, 6.07) is 2.36. The van der Waals surface area contributed by atoms with Crippen LogP contribution in [0, 0.1) is 13.8 Å². The second-order valence-corrected chi connectivity index (χ2v) is 7.34. The Kier molecular flexibility index (Phi) is 4.63. The first kappa shape index (κ1) is 17.6. The van der Waals surface area contributed by atoms with Gasteiger partial charge in [0.25, 0.3) is 5.91 Å². The third-order valence-electron chi connectivity index (χ3n) is 5.32. The zero-order valence-corrected chi connectivity index (χ0v) is 16.0. The lowest BCUT2D eigenvalue weighted by Gasteiger charge is -2.21. The Labute approximate surface area is 158 Å². The first-order valence-electron chi connectivity index (χ1n) is 9.46. The predicted molar refractivity (Wildman–Crippen MR) is 103 cm³/mol. The molecule has 1 saturated heterocycles. The van der Waals surface area contributed by atoms with Crippen molar-refractivity contribution < 1.29 is 4.79 Å². The molecule has 0 spiro atoms. The Balaban J connectivity index is 1.48. The van der Waals surface area contributed by atoms with Crippen LogP contribution in [0.1, 0.15) is 52.8 Å². The molecule has 8 heteroatoms. The van der Waals surface area contributed by atoms with Crippen molar-refractivity contribution in [1.82, 2.24) is 25.3 Å². The van der Waals surface area contributed by atoms with Gasteiger partial charge in [-0.15, -0.1) is 0 Å². The van der Waals surface area contributed by atoms with Gasteiger partial charge in [-0.1, -0.05) is 0 Å². The minimum Gasteiger partial charge on any atom is -0.365 e. The van der Waals surface area contributed by atoms with Crippen molar-refractivity contribution in [1.29, 1.82) is 0 Å². The average molecular weight is 367 g/mol. The molecule has 2 fully saturated rings. The van der Waals surface area contributed by atoms with Crippen LogP contribution in [0.15, 0.2) is 12.4 Å². The van der Waals surface area contributed by atoms with Crippen LogP contribution in [-0.2, 0) is 0 Å². The van der Waals surface area contributed by atoms with Gasteiger partial charge >= 0.3 is 0 Å². The Morgan fingerprint density at radius 3 is 2.74 bits per heavy atom. The number of anilines is 2. The lowest BCUT2D eigenvalue weighted by Crippen LogP contribution is -2.29. The van der Waals surface area contributed by atoms with E-state index >= 15 is 0 Å². The number of amides is 1. The van der Waals surface area contributed by atoms with Gasteiger partial charge in [0.05, 0.1) is 0 Å². The average Bonchev–Trinajstić information content (AvgIpc) is 3.43. The van der Waals surface area contributed by atoms with Crippen LogP contribution in [0.3, 0.4) is 0 Å². The molecule has 2 aromatic rings. The molecule has 8 nitrogen and oxygen atoms in total. The lowest BCUT2D eigenvalue weighted by atomic mass is 10.2. The molecular weight excluding hydrogens is 342 g/mol. The molecule has 2 aliphatic rings. The van der Waals surface area contributed by atoms with E-state index in [0.717, 1.165) is 48.1 Å². The van der Waals surface area contributed by atoms with Crippen molar-refractivity contribution in [2.75, 3.05) is 30.4 Å². The van der Waals surface area contributed by atoms with Crippen molar-refractivity contribution >= 4 is 17.5 Å². The number of aromatic nitrogens is 4. The second-order valence-electron chi connectivity index (χ2n) is 7.34. The number of nitrogens with one attached hydrogen (secondary N) is 2. The molecule has 0 aromatic carbocycles. The van der Waals surface area contributed by atoms with E-state index in [2.05, 4.69) is 41.5 Å². The van der Waals surface area contributed by atoms with Crippen LogP contribution in [0.2, 0.25) is 0 Å². The smallest absolute Gasteiger partial charge is 0.288 e. The van der Waals surface area contributed by atoms with Gasteiger partial charge in [-0.25, -0.2) is 19.9 Å². The first-order valence-corrected chi connectivity index (χ1v) is 9.46. The fraction of sp³-hybridized carbons (Fsp3) is 0.526. The highest BCUT2D eigenvalue weighted by Crippen LogP contribution is 2.39. The zero-order valence-electron chi connectivity index (χ0n) is 16.0. The van der Waals surface area contributed by atoms with Crippen LogP contribution in [0.5, 0.6) is 0 Å². The maximum absolute atomic E-state index is 12.0. The fourth-order valence-corrected chi connectivity index (χ4v) is 3.47. The maximum atomic E-state index is 12.0. The fourth-order valence-electron chi connectivity index (χ4n) is 3.47. The van der Waals surface area contributed by atoms with E-state index < -0.39 is 0 Å². The number of nitrogens with zero attached hydrogens (tertiary/aromatic N) is 5. The molecule has 3 heterocycles. The van der Waals surface area contributed by atoms with Crippen LogP contribution >= 0.6 is 0 Å². The van der Waals surface area contributed by atoms with Crippen LogP contribution in [0.4, 0.5) is 11.6 Å². The number of aryl methyl sites for hydroxylation is 1. The van der Waals surface area contributed by atoms with Crippen molar-refractivity contribution in [3.05, 3.63) is 35.2 Å². The molecule has 1 atom stereocenters. The minimum absolute atomic E-state index is 0.219. The molecule has 27 heavy (non-hydrogen) atoms. The third kappa shape index (κ3) is 3.70. The summed E-state index contributed by atoms with van der Waals surface area (Å²) in [5, 5.41) is 6.13. The second kappa shape index (κ2) is 7.09. The Bertz CT molecular complexity index is 865. The van der Waals surface area contributed by atoms with E-state index in [1.165, 1.54) is 12.8 Å². The van der Waals surface area contributed by atoms with E-state index in [1.54, 1.807) is 13.4 Å². The summed E-state index contributed by atoms with van der Waals surface area (Å²) >= 11 is 0. The third-order valence-corrected chi connectivity index (χ3v) is 5.32. The molecule has 1 aliphatic heterocycles. The van der Waals surface area contributed by atoms with Gasteiger partial charge in [-0.2, -0.15) is 0 Å². The Morgan fingerprint density at radius 1 is 1.19 bits per heavy atom. The maximum Gasteiger partial charge on any atom is 0.288 e. The molecule has 1 saturated carbocycles. The van der Waals surface area contributed by atoms with Gasteiger partial charge in [0.15, 0.2) is 0 Å². The van der Waals surface area contributed by atoms with Gasteiger partial charge in [0.1, 0.15) is 18.0 Å². The summed E-state index contributed by atoms with van der Waals surface area (Å²) < 4.78 is 0. The normalized spacial score (nSPS) is 19.2. The number of carbonyl (C=O) groups excluding carboxylic acids is 1. The monoisotopic (exact) mass is 367 g/mol. The molecule has 2 N–H and O–H groups in total. The van der Waals surface area contributed by atoms with E-state index in [4.69, 9.17) is 0 Å². The Hall–Kier alpha value is -2.77. The minimum atomic E-state index is -0.262. The van der Waals surface area contributed by atoms with E-state index in [9.17, 15) is 4.79 Å². The summed E-state index contributed by atoms with van der Waals surface area (Å²) in [5.41, 5.74) is 2.99. The van der Waals surface area contributed by atoms with Gasteiger partial charge in [0, 0.05) is 55.1 Å². The van der Waals surface area contributed by atoms with Crippen molar-refractivity contribution in [2.45, 2.75) is 45.1 Å². The largest absolute Gasteiger partial charge is 0.365 e. The standard InChI is InChI=1S/C19H25N7O/c1-11-12(2)23-17(19(27)20-3)25-18(11)26-7-6-14(9-26)24-16-8-15(13-4-5-13)21-10-22-16/h8,10,13-14H,4-7,9H2,1-3H3,(H,20,27)(H,21,22,24)/t14-/m1/s1. The summed E-state index contributed by atoms with van der Waals surface area (Å²) in [7, 11) is 1.59. The highest BCUT2D eigenvalue weighted by molar-refractivity contribution is 5.90. The highest BCUT2D eigenvalue weighted by Gasteiger charge is 2.28. The molecule has 1 aliphatic carbocycles. The molecular formula is C19H25N7O. The van der Waals surface area contributed by atoms with Crippen LogP contribution < -0.4 is 15.5 Å². The van der Waals surface area contributed by atoms with Crippen LogP contribution in [-0.4, -0.2) is 52.0 Å². The van der Waals surface area contributed by atoms with Gasteiger partial charge in [0.2, 0.25) is 5.82 Å². The molecule has 142 valence electrons. The predicted octanol–water partition coefficient (Wildman–Crippen LogP) is 1.81. The molecule has 1 amide bonds. The molecule has 0 unspecified atom stereocenters. The van der Waals surface area contributed by atoms with E-state index in [1.807, 2.05) is 13.8 Å². The number of carbonyl (C=O) groups is 1. The summed E-state index contributed by atoms with van der Waals surface area (Å²) in [6.45, 7) is 5.61. The number of rotatable bonds is 5. The van der Waals surface area contributed by atoms with Gasteiger partial charge in [-0.3, -0.25) is 4.79 Å². The van der Waals surface area contributed by atoms with Crippen LogP contribution in [0.25, 0.3) is 0 Å². The molecule has 4 rings (SSSR count). The van der Waals surface area contributed by atoms with Crippen molar-refractivity contribution in [3.63, 3.8) is 0 Å². The number of hydrogen-bond acceptors (Lipinski definition) is 7. The summed E-state index contributed by atoms with van der Waals surface area (Å²) in [6.07, 6.45) is 5.10. The van der Waals surface area contributed by atoms with Gasteiger partial charge < -0.3 is 15.5 Å². The number of hydrogen-bond donors (Lipinski definition) is 2. The quantitative estimate of drug-likeness (QED) is 0.832. The lowest BCUT2D eigenvalue weighted by molar-refractivity contribution is 0.0952. The van der Waals surface area contributed by atoms with E-state index in [0.29, 0.717) is 5.92 Å². The van der Waals surface area contributed by atoms with Crippen molar-refractivity contribution in [3.8, 4) is 0 Å². The Morgan fingerprint density at radius 2 is 2.00 bits per heavy atom. The van der Waals surface area contributed by atoms with Crippen molar-refractivity contribution in [2.24, 2.45) is 0 Å². The SMILES string of the molecule is CNC(=O)c1nc(C)c(C)c(N2CC[C@@H](Nc3cc(C4CC4)ncn3)C2)n1.